The fourth-order valence-corrected chi connectivity index (χ4v) is 4.01. The van der Waals surface area contributed by atoms with E-state index in [-0.39, 0.29) is 30.2 Å². The third-order valence-electron chi connectivity index (χ3n) is 4.25. The second-order valence-electron chi connectivity index (χ2n) is 5.98. The number of nitrogens with zero attached hydrogens (tertiary/aromatic N) is 3. The Kier molecular flexibility index (Phi) is 3.93. The topological polar surface area (TPSA) is 75.2 Å². The number of rotatable bonds is 5. The quantitative estimate of drug-likeness (QED) is 0.841. The van der Waals surface area contributed by atoms with Crippen molar-refractivity contribution in [1.29, 1.82) is 0 Å². The molecule has 0 radical (unpaired) electrons. The van der Waals surface area contributed by atoms with Gasteiger partial charge in [0, 0.05) is 6.54 Å². The first-order chi connectivity index (χ1) is 10.1. The molecule has 6 nitrogen and oxygen atoms in total. The molecule has 2 heterocycles. The predicted molar refractivity (Wildman–Crippen MR) is 79.6 cm³/mol. The van der Waals surface area contributed by atoms with Crippen molar-refractivity contribution in [3.8, 4) is 0 Å². The van der Waals surface area contributed by atoms with Gasteiger partial charge in [0.05, 0.1) is 18.4 Å². The maximum Gasteiger partial charge on any atom is 0.233 e. The monoisotopic (exact) mass is 308 g/mol. The summed E-state index contributed by atoms with van der Waals surface area (Å²) in [5, 5.41) is 12.7. The minimum Gasteiger partial charge on any atom is -0.360 e. The summed E-state index contributed by atoms with van der Waals surface area (Å²) in [6.45, 7) is 5.30. The number of aromatic nitrogens is 2. The molecule has 2 fully saturated rings. The van der Waals surface area contributed by atoms with Crippen LogP contribution in [0.25, 0.3) is 0 Å². The van der Waals surface area contributed by atoms with Crippen LogP contribution >= 0.6 is 11.3 Å². The number of hydrogen-bond donors (Lipinski definition) is 1. The summed E-state index contributed by atoms with van der Waals surface area (Å²) in [7, 11) is 0. The van der Waals surface area contributed by atoms with Crippen LogP contribution in [-0.2, 0) is 16.1 Å². The van der Waals surface area contributed by atoms with E-state index < -0.39 is 0 Å². The van der Waals surface area contributed by atoms with Gasteiger partial charge in [-0.2, -0.15) is 0 Å². The van der Waals surface area contributed by atoms with Crippen molar-refractivity contribution in [2.24, 2.45) is 17.8 Å². The highest BCUT2D eigenvalue weighted by molar-refractivity contribution is 7.15. The van der Waals surface area contributed by atoms with Crippen molar-refractivity contribution >= 4 is 28.3 Å². The Morgan fingerprint density at radius 2 is 1.90 bits per heavy atom. The van der Waals surface area contributed by atoms with Crippen LogP contribution in [0.1, 0.15) is 38.1 Å². The summed E-state index contributed by atoms with van der Waals surface area (Å²) < 4.78 is 0. The van der Waals surface area contributed by atoms with E-state index in [1.54, 1.807) is 0 Å². The van der Waals surface area contributed by atoms with Gasteiger partial charge in [-0.05, 0) is 25.2 Å². The fraction of sp³-hybridized carbons (Fsp3) is 0.714. The predicted octanol–water partition coefficient (Wildman–Crippen LogP) is 1.89. The van der Waals surface area contributed by atoms with Crippen LogP contribution in [-0.4, -0.2) is 33.5 Å². The molecule has 0 spiro atoms. The van der Waals surface area contributed by atoms with Gasteiger partial charge in [-0.15, -0.1) is 10.2 Å². The highest BCUT2D eigenvalue weighted by Gasteiger charge is 2.51. The Labute approximate surface area is 127 Å². The SMILES string of the molecule is CCCNc1nnc(CN2C(=O)C3CC(C)CC3C2=O)s1. The highest BCUT2D eigenvalue weighted by atomic mass is 32.1. The van der Waals surface area contributed by atoms with Gasteiger partial charge in [0.15, 0.2) is 0 Å². The van der Waals surface area contributed by atoms with E-state index >= 15 is 0 Å². The molecule has 0 bridgehead atoms. The summed E-state index contributed by atoms with van der Waals surface area (Å²) in [6.07, 6.45) is 2.69. The number of hydrogen-bond acceptors (Lipinski definition) is 6. The molecule has 1 aromatic rings. The molecule has 1 N–H and O–H groups in total. The van der Waals surface area contributed by atoms with E-state index in [4.69, 9.17) is 0 Å². The molecular formula is C14H20N4O2S. The maximum atomic E-state index is 12.4. The number of anilines is 1. The lowest BCUT2D eigenvalue weighted by molar-refractivity contribution is -0.141. The van der Waals surface area contributed by atoms with Crippen LogP contribution in [0.2, 0.25) is 0 Å². The molecule has 1 saturated carbocycles. The standard InChI is InChI=1S/C14H20N4O2S/c1-3-4-15-14-17-16-11(21-14)7-18-12(19)9-5-8(2)6-10(9)13(18)20/h8-10H,3-7H2,1-2H3,(H,15,17). The molecule has 1 aliphatic heterocycles. The average molecular weight is 308 g/mol. The van der Waals surface area contributed by atoms with Crippen LogP contribution < -0.4 is 5.32 Å². The summed E-state index contributed by atoms with van der Waals surface area (Å²) in [5.41, 5.74) is 0. The Balaban J connectivity index is 1.67. The molecule has 1 saturated heterocycles. The molecule has 7 heteroatoms. The molecule has 3 rings (SSSR count). The molecule has 1 aromatic heterocycles. The van der Waals surface area contributed by atoms with Gasteiger partial charge in [0.2, 0.25) is 16.9 Å². The van der Waals surface area contributed by atoms with Crippen LogP contribution in [0, 0.1) is 17.8 Å². The van der Waals surface area contributed by atoms with E-state index in [0.29, 0.717) is 10.9 Å². The Morgan fingerprint density at radius 3 is 2.52 bits per heavy atom. The third-order valence-corrected chi connectivity index (χ3v) is 5.12. The Hall–Kier alpha value is -1.50. The van der Waals surface area contributed by atoms with Gasteiger partial charge in [0.25, 0.3) is 0 Å². The van der Waals surface area contributed by atoms with Gasteiger partial charge < -0.3 is 5.32 Å². The van der Waals surface area contributed by atoms with Crippen molar-refractivity contribution < 1.29 is 9.59 Å². The van der Waals surface area contributed by atoms with Crippen molar-refractivity contribution in [2.45, 2.75) is 39.7 Å². The van der Waals surface area contributed by atoms with Gasteiger partial charge >= 0.3 is 0 Å². The minimum atomic E-state index is -0.0990. The first kappa shape index (κ1) is 14.4. The highest BCUT2D eigenvalue weighted by Crippen LogP contribution is 2.43. The Bertz CT molecular complexity index is 535. The van der Waals surface area contributed by atoms with Crippen molar-refractivity contribution in [3.05, 3.63) is 5.01 Å². The summed E-state index contributed by atoms with van der Waals surface area (Å²) in [6, 6.07) is 0. The lowest BCUT2D eigenvalue weighted by atomic mass is 10.00. The number of imide groups is 1. The number of fused-ring (bicyclic) bond motifs is 1. The van der Waals surface area contributed by atoms with E-state index in [1.807, 2.05) is 0 Å². The number of carbonyl (C=O) groups is 2. The Morgan fingerprint density at radius 1 is 1.24 bits per heavy atom. The minimum absolute atomic E-state index is 0.0207. The zero-order chi connectivity index (χ0) is 15.0. The summed E-state index contributed by atoms with van der Waals surface area (Å²) in [5.74, 6) is 0.234. The van der Waals surface area contributed by atoms with Gasteiger partial charge in [-0.3, -0.25) is 14.5 Å². The first-order valence-corrected chi connectivity index (χ1v) is 8.33. The lowest BCUT2D eigenvalue weighted by Gasteiger charge is -2.14. The van der Waals surface area contributed by atoms with Crippen LogP contribution in [0.4, 0.5) is 5.13 Å². The number of carbonyl (C=O) groups excluding carboxylic acids is 2. The molecule has 2 aliphatic rings. The first-order valence-electron chi connectivity index (χ1n) is 7.51. The van der Waals surface area contributed by atoms with Crippen molar-refractivity contribution in [3.63, 3.8) is 0 Å². The van der Waals surface area contributed by atoms with E-state index in [9.17, 15) is 9.59 Å². The molecule has 2 amide bonds. The molecule has 21 heavy (non-hydrogen) atoms. The zero-order valence-electron chi connectivity index (χ0n) is 12.3. The second kappa shape index (κ2) is 5.71. The lowest BCUT2D eigenvalue weighted by Crippen LogP contribution is -2.31. The number of likely N-dealkylation sites (tertiary alicyclic amines) is 1. The van der Waals surface area contributed by atoms with Crippen LogP contribution in [0.5, 0.6) is 0 Å². The summed E-state index contributed by atoms with van der Waals surface area (Å²) in [4.78, 5) is 26.1. The van der Waals surface area contributed by atoms with Crippen molar-refractivity contribution in [1.82, 2.24) is 15.1 Å². The molecule has 1 aliphatic carbocycles. The van der Waals surface area contributed by atoms with Gasteiger partial charge in [0.1, 0.15) is 5.01 Å². The fourth-order valence-electron chi connectivity index (χ4n) is 3.26. The zero-order valence-corrected chi connectivity index (χ0v) is 13.2. The molecule has 0 aromatic carbocycles. The summed E-state index contributed by atoms with van der Waals surface area (Å²) >= 11 is 1.41. The molecular weight excluding hydrogens is 288 g/mol. The van der Waals surface area contributed by atoms with E-state index in [2.05, 4.69) is 29.4 Å². The van der Waals surface area contributed by atoms with Gasteiger partial charge in [-0.1, -0.05) is 25.2 Å². The van der Waals surface area contributed by atoms with Gasteiger partial charge in [-0.25, -0.2) is 0 Å². The number of amides is 2. The maximum absolute atomic E-state index is 12.4. The molecule has 2 atom stereocenters. The largest absolute Gasteiger partial charge is 0.360 e. The molecule has 114 valence electrons. The normalized spacial score (nSPS) is 28.3. The van der Waals surface area contributed by atoms with Crippen LogP contribution in [0.15, 0.2) is 0 Å². The molecule has 2 unspecified atom stereocenters. The number of nitrogens with one attached hydrogen (secondary N) is 1. The van der Waals surface area contributed by atoms with Crippen molar-refractivity contribution in [2.75, 3.05) is 11.9 Å². The van der Waals surface area contributed by atoms with Crippen LogP contribution in [0.3, 0.4) is 0 Å². The smallest absolute Gasteiger partial charge is 0.233 e. The van der Waals surface area contributed by atoms with E-state index in [0.717, 1.165) is 30.9 Å². The van der Waals surface area contributed by atoms with E-state index in [1.165, 1.54) is 16.2 Å². The third kappa shape index (κ3) is 2.66. The average Bonchev–Trinajstić information content (AvgIpc) is 3.11. The second-order valence-corrected chi connectivity index (χ2v) is 7.04.